The SMILES string of the molecule is CC[C@H](NC(=O)c1cn2cc(C)ccc2n1)c1ncnn1CC. The number of hydrogen-bond donors (Lipinski definition) is 1. The highest BCUT2D eigenvalue weighted by molar-refractivity contribution is 5.93. The largest absolute Gasteiger partial charge is 0.341 e. The van der Waals surface area contributed by atoms with E-state index in [9.17, 15) is 4.79 Å². The van der Waals surface area contributed by atoms with Crippen LogP contribution in [0.4, 0.5) is 0 Å². The van der Waals surface area contributed by atoms with E-state index in [0.717, 1.165) is 30.0 Å². The van der Waals surface area contributed by atoms with Crippen molar-refractivity contribution >= 4 is 11.6 Å². The van der Waals surface area contributed by atoms with Gasteiger partial charge in [0.05, 0.1) is 6.04 Å². The van der Waals surface area contributed by atoms with Crippen LogP contribution in [0.25, 0.3) is 5.65 Å². The van der Waals surface area contributed by atoms with Crippen LogP contribution in [0.5, 0.6) is 0 Å². The molecule has 0 fully saturated rings. The molecule has 1 N–H and O–H groups in total. The zero-order chi connectivity index (χ0) is 16.4. The molecule has 0 spiro atoms. The molecule has 1 amide bonds. The quantitative estimate of drug-likeness (QED) is 0.783. The van der Waals surface area contributed by atoms with Gasteiger partial charge in [0.2, 0.25) is 0 Å². The molecule has 23 heavy (non-hydrogen) atoms. The monoisotopic (exact) mass is 312 g/mol. The molecule has 0 radical (unpaired) electrons. The van der Waals surface area contributed by atoms with Crippen LogP contribution in [0.1, 0.15) is 48.2 Å². The highest BCUT2D eigenvalue weighted by atomic mass is 16.2. The van der Waals surface area contributed by atoms with Crippen molar-refractivity contribution in [2.45, 2.75) is 39.8 Å². The maximum Gasteiger partial charge on any atom is 0.272 e. The summed E-state index contributed by atoms with van der Waals surface area (Å²) < 4.78 is 3.65. The number of imidazole rings is 1. The first-order chi connectivity index (χ1) is 11.1. The summed E-state index contributed by atoms with van der Waals surface area (Å²) in [6.45, 7) is 6.73. The second-order valence-electron chi connectivity index (χ2n) is 5.47. The van der Waals surface area contributed by atoms with Gasteiger partial charge in [0.15, 0.2) is 0 Å². The van der Waals surface area contributed by atoms with E-state index in [1.165, 1.54) is 6.33 Å². The van der Waals surface area contributed by atoms with E-state index in [0.29, 0.717) is 5.69 Å². The summed E-state index contributed by atoms with van der Waals surface area (Å²) in [5.74, 6) is 0.562. The van der Waals surface area contributed by atoms with Crippen molar-refractivity contribution in [1.82, 2.24) is 29.5 Å². The molecule has 3 aromatic heterocycles. The van der Waals surface area contributed by atoms with Crippen molar-refractivity contribution in [2.24, 2.45) is 0 Å². The van der Waals surface area contributed by atoms with E-state index < -0.39 is 0 Å². The fraction of sp³-hybridized carbons (Fsp3) is 0.375. The summed E-state index contributed by atoms with van der Waals surface area (Å²) in [6, 6.07) is 3.69. The van der Waals surface area contributed by atoms with Gasteiger partial charge in [-0.05, 0) is 31.9 Å². The van der Waals surface area contributed by atoms with Gasteiger partial charge in [0, 0.05) is 18.9 Å². The maximum atomic E-state index is 12.5. The third-order valence-corrected chi connectivity index (χ3v) is 3.80. The standard InChI is InChI=1S/C16H20N6O/c1-4-12(15-17-10-18-22(15)5-2)20-16(23)13-9-21-8-11(3)6-7-14(21)19-13/h6-10,12H,4-5H2,1-3H3,(H,20,23)/t12-/m0/s1. The lowest BCUT2D eigenvalue weighted by Gasteiger charge is -2.16. The van der Waals surface area contributed by atoms with E-state index in [1.54, 1.807) is 10.9 Å². The van der Waals surface area contributed by atoms with Crippen LogP contribution in [-0.2, 0) is 6.54 Å². The molecular weight excluding hydrogens is 292 g/mol. The highest BCUT2D eigenvalue weighted by Crippen LogP contribution is 2.15. The first-order valence-electron chi connectivity index (χ1n) is 7.76. The number of nitrogens with zero attached hydrogens (tertiary/aromatic N) is 5. The molecule has 3 aromatic rings. The van der Waals surface area contributed by atoms with Gasteiger partial charge in [0.25, 0.3) is 5.91 Å². The van der Waals surface area contributed by atoms with Gasteiger partial charge in [-0.1, -0.05) is 13.0 Å². The Kier molecular flexibility index (Phi) is 4.10. The Morgan fingerprint density at radius 3 is 2.87 bits per heavy atom. The van der Waals surface area contributed by atoms with Crippen molar-refractivity contribution in [1.29, 1.82) is 0 Å². The van der Waals surface area contributed by atoms with Gasteiger partial charge in [-0.3, -0.25) is 4.79 Å². The summed E-state index contributed by atoms with van der Waals surface area (Å²) in [5, 5.41) is 7.16. The maximum absolute atomic E-state index is 12.5. The number of rotatable bonds is 5. The summed E-state index contributed by atoms with van der Waals surface area (Å²) in [7, 11) is 0. The Labute approximate surface area is 134 Å². The van der Waals surface area contributed by atoms with Crippen molar-refractivity contribution in [3.8, 4) is 0 Å². The van der Waals surface area contributed by atoms with Gasteiger partial charge in [-0.2, -0.15) is 5.10 Å². The molecule has 7 heteroatoms. The number of hydrogen-bond acceptors (Lipinski definition) is 4. The van der Waals surface area contributed by atoms with Crippen molar-refractivity contribution in [3.63, 3.8) is 0 Å². The third kappa shape index (κ3) is 2.94. The molecule has 0 aliphatic carbocycles. The topological polar surface area (TPSA) is 77.1 Å². The lowest BCUT2D eigenvalue weighted by atomic mass is 10.2. The second kappa shape index (κ2) is 6.20. The van der Waals surface area contributed by atoms with Crippen molar-refractivity contribution in [3.05, 3.63) is 47.9 Å². The van der Waals surface area contributed by atoms with Crippen LogP contribution in [-0.4, -0.2) is 30.1 Å². The molecule has 0 aliphatic heterocycles. The molecule has 0 aromatic carbocycles. The summed E-state index contributed by atoms with van der Waals surface area (Å²) in [6.07, 6.45) is 5.94. The normalized spacial score (nSPS) is 12.5. The Morgan fingerprint density at radius 1 is 1.30 bits per heavy atom. The van der Waals surface area contributed by atoms with Gasteiger partial charge in [-0.15, -0.1) is 0 Å². The first kappa shape index (κ1) is 15.2. The number of carbonyl (C=O) groups is 1. The van der Waals surface area contributed by atoms with Crippen molar-refractivity contribution in [2.75, 3.05) is 0 Å². The lowest BCUT2D eigenvalue weighted by molar-refractivity contribution is 0.0928. The van der Waals surface area contributed by atoms with E-state index in [-0.39, 0.29) is 11.9 Å². The molecule has 3 heterocycles. The number of carbonyl (C=O) groups excluding carboxylic acids is 1. The first-order valence-corrected chi connectivity index (χ1v) is 7.76. The molecule has 0 bridgehead atoms. The van der Waals surface area contributed by atoms with Gasteiger partial charge < -0.3 is 9.72 Å². The van der Waals surface area contributed by atoms with Crippen LogP contribution in [0.15, 0.2) is 30.9 Å². The van der Waals surface area contributed by atoms with Crippen LogP contribution < -0.4 is 5.32 Å². The Bertz CT molecular complexity index is 834. The van der Waals surface area contributed by atoms with Gasteiger partial charge in [-0.25, -0.2) is 14.6 Å². The molecule has 0 saturated carbocycles. The number of aromatic nitrogens is 5. The van der Waals surface area contributed by atoms with Crippen LogP contribution in [0.2, 0.25) is 0 Å². The molecule has 3 rings (SSSR count). The van der Waals surface area contributed by atoms with Crippen molar-refractivity contribution < 1.29 is 4.79 Å². The van der Waals surface area contributed by atoms with E-state index in [2.05, 4.69) is 20.4 Å². The second-order valence-corrected chi connectivity index (χ2v) is 5.47. The zero-order valence-electron chi connectivity index (χ0n) is 13.5. The Hall–Kier alpha value is -2.70. The number of pyridine rings is 1. The Morgan fingerprint density at radius 2 is 2.13 bits per heavy atom. The fourth-order valence-corrected chi connectivity index (χ4v) is 2.58. The molecule has 0 saturated heterocycles. The van der Waals surface area contributed by atoms with Gasteiger partial charge in [0.1, 0.15) is 23.5 Å². The smallest absolute Gasteiger partial charge is 0.272 e. The van der Waals surface area contributed by atoms with Crippen LogP contribution in [0.3, 0.4) is 0 Å². The molecule has 1 atom stereocenters. The average Bonchev–Trinajstić information content (AvgIpc) is 3.18. The molecule has 7 nitrogen and oxygen atoms in total. The third-order valence-electron chi connectivity index (χ3n) is 3.80. The summed E-state index contributed by atoms with van der Waals surface area (Å²) in [5.41, 5.74) is 2.27. The predicted octanol–water partition coefficient (Wildman–Crippen LogP) is 2.14. The summed E-state index contributed by atoms with van der Waals surface area (Å²) >= 11 is 0. The minimum atomic E-state index is -0.205. The fourth-order valence-electron chi connectivity index (χ4n) is 2.58. The number of amides is 1. The van der Waals surface area contributed by atoms with Crippen LogP contribution >= 0.6 is 0 Å². The van der Waals surface area contributed by atoms with E-state index >= 15 is 0 Å². The van der Waals surface area contributed by atoms with E-state index in [4.69, 9.17) is 0 Å². The Balaban J connectivity index is 1.83. The number of nitrogens with one attached hydrogen (secondary N) is 1. The molecule has 0 aliphatic rings. The number of fused-ring (bicyclic) bond motifs is 1. The average molecular weight is 312 g/mol. The predicted molar refractivity (Wildman–Crippen MR) is 86.1 cm³/mol. The molecule has 120 valence electrons. The highest BCUT2D eigenvalue weighted by Gasteiger charge is 2.20. The minimum absolute atomic E-state index is 0.184. The molecule has 0 unspecified atom stereocenters. The van der Waals surface area contributed by atoms with Crippen LogP contribution in [0, 0.1) is 6.92 Å². The number of aryl methyl sites for hydroxylation is 2. The lowest BCUT2D eigenvalue weighted by Crippen LogP contribution is -2.30. The van der Waals surface area contributed by atoms with Gasteiger partial charge >= 0.3 is 0 Å². The minimum Gasteiger partial charge on any atom is -0.341 e. The van der Waals surface area contributed by atoms with E-state index in [1.807, 2.05) is 43.5 Å². The summed E-state index contributed by atoms with van der Waals surface area (Å²) in [4.78, 5) is 21.2. The zero-order valence-corrected chi connectivity index (χ0v) is 13.5. The molecular formula is C16H20N6O.